The first-order valence-electron chi connectivity index (χ1n) is 8.29. The molecule has 1 aromatic heterocycles. The first kappa shape index (κ1) is 16.1. The highest BCUT2D eigenvalue weighted by atomic mass is 16.5. The number of hydrogen-bond donors (Lipinski definition) is 0. The Hall–Kier alpha value is -3.41. The van der Waals surface area contributed by atoms with E-state index in [0.29, 0.717) is 23.5 Å². The summed E-state index contributed by atoms with van der Waals surface area (Å²) in [5.41, 5.74) is 3.37. The van der Waals surface area contributed by atoms with Crippen LogP contribution in [0.4, 0.5) is 5.69 Å². The van der Waals surface area contributed by atoms with E-state index in [0.717, 1.165) is 17.7 Å². The van der Waals surface area contributed by atoms with Crippen LogP contribution in [-0.2, 0) is 20.7 Å². The fraction of sp³-hybridized carbons (Fsp3) is 0.150. The lowest BCUT2D eigenvalue weighted by atomic mass is 10.2. The van der Waals surface area contributed by atoms with Gasteiger partial charge in [-0.25, -0.2) is 9.78 Å². The Labute approximate surface area is 149 Å². The van der Waals surface area contributed by atoms with Crippen LogP contribution in [0.5, 0.6) is 0 Å². The van der Waals surface area contributed by atoms with Gasteiger partial charge in [0.15, 0.2) is 12.2 Å². The van der Waals surface area contributed by atoms with Crippen LogP contribution in [0.25, 0.3) is 17.2 Å². The highest BCUT2D eigenvalue weighted by Crippen LogP contribution is 2.27. The predicted octanol–water partition coefficient (Wildman–Crippen LogP) is 2.97. The SMILES string of the molecule is O=C(/C=C/c1nc2ccccc2o1)OCC(=O)N1CCc2ccccc21. The van der Waals surface area contributed by atoms with Crippen LogP contribution in [0.15, 0.2) is 59.0 Å². The number of ether oxygens (including phenoxy) is 1. The molecular weight excluding hydrogens is 332 g/mol. The fourth-order valence-corrected chi connectivity index (χ4v) is 2.96. The number of amides is 1. The van der Waals surface area contributed by atoms with Crippen LogP contribution in [0.1, 0.15) is 11.5 Å². The van der Waals surface area contributed by atoms with E-state index < -0.39 is 5.97 Å². The van der Waals surface area contributed by atoms with Gasteiger partial charge in [0.2, 0.25) is 5.89 Å². The van der Waals surface area contributed by atoms with Crippen molar-refractivity contribution in [2.24, 2.45) is 0 Å². The molecule has 6 heteroatoms. The molecule has 130 valence electrons. The number of rotatable bonds is 4. The van der Waals surface area contributed by atoms with Crippen molar-refractivity contribution in [2.75, 3.05) is 18.1 Å². The van der Waals surface area contributed by atoms with Gasteiger partial charge in [-0.15, -0.1) is 0 Å². The van der Waals surface area contributed by atoms with Gasteiger partial charge in [0.1, 0.15) is 5.52 Å². The fourth-order valence-electron chi connectivity index (χ4n) is 2.96. The molecule has 0 fully saturated rings. The number of carbonyl (C=O) groups is 2. The normalized spacial score (nSPS) is 13.3. The molecule has 0 unspecified atom stereocenters. The monoisotopic (exact) mass is 348 g/mol. The van der Waals surface area contributed by atoms with E-state index in [1.807, 2.05) is 42.5 Å². The van der Waals surface area contributed by atoms with Gasteiger partial charge in [-0.05, 0) is 30.2 Å². The Morgan fingerprint density at radius 3 is 2.85 bits per heavy atom. The number of benzene rings is 2. The van der Waals surface area contributed by atoms with Crippen molar-refractivity contribution in [2.45, 2.75) is 6.42 Å². The molecule has 6 nitrogen and oxygen atoms in total. The second-order valence-electron chi connectivity index (χ2n) is 5.88. The Bertz CT molecular complexity index is 973. The maximum absolute atomic E-state index is 12.3. The largest absolute Gasteiger partial charge is 0.452 e. The van der Waals surface area contributed by atoms with Gasteiger partial charge in [-0.2, -0.15) is 0 Å². The lowest BCUT2D eigenvalue weighted by Gasteiger charge is -2.16. The van der Waals surface area contributed by atoms with Gasteiger partial charge >= 0.3 is 5.97 Å². The molecule has 2 heterocycles. The standard InChI is InChI=1S/C20H16N2O4/c23-19(22-12-11-14-5-1-3-7-16(14)22)13-25-20(24)10-9-18-21-15-6-2-4-8-17(15)26-18/h1-10H,11-13H2/b10-9+. The number of anilines is 1. The Balaban J connectivity index is 1.34. The quantitative estimate of drug-likeness (QED) is 0.535. The number of oxazole rings is 1. The van der Waals surface area contributed by atoms with E-state index in [1.165, 1.54) is 12.2 Å². The number of aromatic nitrogens is 1. The molecule has 2 aromatic carbocycles. The molecule has 0 aliphatic carbocycles. The molecule has 1 aliphatic heterocycles. The molecule has 26 heavy (non-hydrogen) atoms. The topological polar surface area (TPSA) is 72.6 Å². The maximum atomic E-state index is 12.3. The van der Waals surface area contributed by atoms with Crippen LogP contribution in [-0.4, -0.2) is 30.0 Å². The summed E-state index contributed by atoms with van der Waals surface area (Å²) in [7, 11) is 0. The summed E-state index contributed by atoms with van der Waals surface area (Å²) in [5.74, 6) is -0.547. The van der Waals surface area contributed by atoms with Gasteiger partial charge in [0.05, 0.1) is 0 Å². The van der Waals surface area contributed by atoms with Gasteiger partial charge in [-0.1, -0.05) is 30.3 Å². The minimum absolute atomic E-state index is 0.237. The van der Waals surface area contributed by atoms with Crippen LogP contribution >= 0.6 is 0 Å². The van der Waals surface area contributed by atoms with Gasteiger partial charge < -0.3 is 14.1 Å². The molecule has 0 bridgehead atoms. The zero-order chi connectivity index (χ0) is 17.9. The Kier molecular flexibility index (Phi) is 4.23. The van der Waals surface area contributed by atoms with E-state index in [4.69, 9.17) is 9.15 Å². The molecule has 0 spiro atoms. The van der Waals surface area contributed by atoms with Crippen molar-refractivity contribution < 1.29 is 18.7 Å². The van der Waals surface area contributed by atoms with Crippen LogP contribution in [0.2, 0.25) is 0 Å². The molecular formula is C20H16N2O4. The van der Waals surface area contributed by atoms with Crippen LogP contribution < -0.4 is 4.90 Å². The van der Waals surface area contributed by atoms with Crippen molar-refractivity contribution in [1.82, 2.24) is 4.98 Å². The lowest BCUT2D eigenvalue weighted by Crippen LogP contribution is -2.33. The molecule has 0 radical (unpaired) electrons. The first-order valence-corrected chi connectivity index (χ1v) is 8.29. The number of carbonyl (C=O) groups excluding carboxylic acids is 2. The van der Waals surface area contributed by atoms with Crippen LogP contribution in [0.3, 0.4) is 0 Å². The molecule has 3 aromatic rings. The summed E-state index contributed by atoms with van der Waals surface area (Å²) < 4.78 is 10.5. The number of esters is 1. The zero-order valence-corrected chi connectivity index (χ0v) is 13.9. The van der Waals surface area contributed by atoms with Crippen molar-refractivity contribution in [1.29, 1.82) is 0 Å². The summed E-state index contributed by atoms with van der Waals surface area (Å²) >= 11 is 0. The smallest absolute Gasteiger partial charge is 0.331 e. The van der Waals surface area contributed by atoms with E-state index in [2.05, 4.69) is 4.98 Å². The summed E-state index contributed by atoms with van der Waals surface area (Å²) in [4.78, 5) is 30.0. The molecule has 0 saturated heterocycles. The average molecular weight is 348 g/mol. The number of fused-ring (bicyclic) bond motifs is 2. The number of hydrogen-bond acceptors (Lipinski definition) is 5. The summed E-state index contributed by atoms with van der Waals surface area (Å²) in [6.45, 7) is 0.305. The second-order valence-corrected chi connectivity index (χ2v) is 5.88. The van der Waals surface area contributed by atoms with Crippen molar-refractivity contribution in [3.05, 3.63) is 66.1 Å². The van der Waals surface area contributed by atoms with E-state index in [9.17, 15) is 9.59 Å². The van der Waals surface area contributed by atoms with Gasteiger partial charge in [0, 0.05) is 24.4 Å². The predicted molar refractivity (Wildman–Crippen MR) is 96.5 cm³/mol. The van der Waals surface area contributed by atoms with Crippen molar-refractivity contribution in [3.63, 3.8) is 0 Å². The third-order valence-electron chi connectivity index (χ3n) is 4.20. The third kappa shape index (κ3) is 3.21. The highest BCUT2D eigenvalue weighted by Gasteiger charge is 2.24. The number of para-hydroxylation sites is 3. The molecule has 1 amide bonds. The second kappa shape index (κ2) is 6.84. The first-order chi connectivity index (χ1) is 12.7. The maximum Gasteiger partial charge on any atom is 0.331 e. The minimum atomic E-state index is -0.618. The lowest BCUT2D eigenvalue weighted by molar-refractivity contribution is -0.142. The van der Waals surface area contributed by atoms with E-state index >= 15 is 0 Å². The zero-order valence-electron chi connectivity index (χ0n) is 13.9. The Morgan fingerprint density at radius 2 is 1.96 bits per heavy atom. The average Bonchev–Trinajstić information content (AvgIpc) is 3.28. The molecule has 0 saturated carbocycles. The molecule has 1 aliphatic rings. The molecule has 4 rings (SSSR count). The van der Waals surface area contributed by atoms with Crippen LogP contribution in [0, 0.1) is 0 Å². The minimum Gasteiger partial charge on any atom is -0.452 e. The van der Waals surface area contributed by atoms with Crippen molar-refractivity contribution >= 4 is 34.7 Å². The molecule has 0 atom stereocenters. The van der Waals surface area contributed by atoms with Gasteiger partial charge in [-0.3, -0.25) is 4.79 Å². The highest BCUT2D eigenvalue weighted by molar-refractivity contribution is 5.98. The van der Waals surface area contributed by atoms with E-state index in [1.54, 1.807) is 11.0 Å². The van der Waals surface area contributed by atoms with Gasteiger partial charge in [0.25, 0.3) is 5.91 Å². The summed E-state index contributed by atoms with van der Waals surface area (Å²) in [6, 6.07) is 15.0. The van der Waals surface area contributed by atoms with Crippen molar-refractivity contribution in [3.8, 4) is 0 Å². The summed E-state index contributed by atoms with van der Waals surface area (Å²) in [6.07, 6.45) is 3.45. The van der Waals surface area contributed by atoms with E-state index in [-0.39, 0.29) is 12.5 Å². The Morgan fingerprint density at radius 1 is 1.15 bits per heavy atom. The number of nitrogens with zero attached hydrogens (tertiary/aromatic N) is 2. The third-order valence-corrected chi connectivity index (χ3v) is 4.20. The summed E-state index contributed by atoms with van der Waals surface area (Å²) in [5, 5.41) is 0. The molecule has 0 N–H and O–H groups in total.